The van der Waals surface area contributed by atoms with Crippen LogP contribution in [0.5, 0.6) is 5.75 Å². The second-order valence-corrected chi connectivity index (χ2v) is 5.25. The molecule has 0 aliphatic carbocycles. The number of rotatable bonds is 7. The summed E-state index contributed by atoms with van der Waals surface area (Å²) >= 11 is 0. The molecule has 0 aliphatic rings. The fourth-order valence-electron chi connectivity index (χ4n) is 2.11. The monoisotopic (exact) mass is 338 g/mol. The number of carbonyl (C=O) groups excluding carboxylic acids is 1. The van der Waals surface area contributed by atoms with E-state index in [2.05, 4.69) is 27.6 Å². The Morgan fingerprint density at radius 1 is 1.36 bits per heavy atom. The second-order valence-electron chi connectivity index (χ2n) is 5.25. The number of aromatic amines is 1. The van der Waals surface area contributed by atoms with Gasteiger partial charge < -0.3 is 9.15 Å². The minimum Gasteiger partial charge on any atom is -0.494 e. The van der Waals surface area contributed by atoms with E-state index in [1.54, 1.807) is 18.2 Å². The van der Waals surface area contributed by atoms with Gasteiger partial charge in [0.25, 0.3) is 5.91 Å². The van der Waals surface area contributed by atoms with Crippen LogP contribution >= 0.6 is 0 Å². The summed E-state index contributed by atoms with van der Waals surface area (Å²) in [5, 5.41) is 10.7. The number of hydrogen-bond acceptors (Lipinski definition) is 5. The number of benzene rings is 1. The normalized spacial score (nSPS) is 10.9. The largest absolute Gasteiger partial charge is 0.494 e. The lowest BCUT2D eigenvalue weighted by atomic mass is 10.1. The summed E-state index contributed by atoms with van der Waals surface area (Å²) in [6.07, 6.45) is 3.91. The van der Waals surface area contributed by atoms with Gasteiger partial charge in [0.2, 0.25) is 0 Å². The van der Waals surface area contributed by atoms with Gasteiger partial charge in [-0.3, -0.25) is 9.89 Å². The predicted molar refractivity (Wildman–Crippen MR) is 93.6 cm³/mol. The number of amides is 1. The van der Waals surface area contributed by atoms with Crippen LogP contribution in [0.1, 0.15) is 29.6 Å². The molecule has 2 aromatic heterocycles. The van der Waals surface area contributed by atoms with Crippen molar-refractivity contribution in [1.82, 2.24) is 15.6 Å². The Balaban J connectivity index is 1.62. The Morgan fingerprint density at radius 2 is 2.20 bits per heavy atom. The van der Waals surface area contributed by atoms with E-state index in [9.17, 15) is 4.79 Å². The maximum absolute atomic E-state index is 12.0. The van der Waals surface area contributed by atoms with E-state index in [0.717, 1.165) is 17.7 Å². The Kier molecular flexibility index (Phi) is 5.26. The van der Waals surface area contributed by atoms with E-state index >= 15 is 0 Å². The van der Waals surface area contributed by atoms with Gasteiger partial charge in [0.1, 0.15) is 17.2 Å². The van der Waals surface area contributed by atoms with Crippen molar-refractivity contribution >= 4 is 12.1 Å². The molecule has 0 unspecified atom stereocenters. The minimum atomic E-state index is -0.385. The zero-order valence-electron chi connectivity index (χ0n) is 13.7. The van der Waals surface area contributed by atoms with Crippen molar-refractivity contribution in [2.75, 3.05) is 6.61 Å². The zero-order valence-corrected chi connectivity index (χ0v) is 13.7. The molecular formula is C18H18N4O3. The van der Waals surface area contributed by atoms with Gasteiger partial charge >= 0.3 is 0 Å². The first-order valence-electron chi connectivity index (χ1n) is 7.92. The van der Waals surface area contributed by atoms with E-state index in [1.165, 1.54) is 12.5 Å². The number of nitrogens with one attached hydrogen (secondary N) is 2. The summed E-state index contributed by atoms with van der Waals surface area (Å²) in [5.74, 6) is 0.979. The van der Waals surface area contributed by atoms with Crippen molar-refractivity contribution in [2.45, 2.75) is 13.3 Å². The summed E-state index contributed by atoms with van der Waals surface area (Å²) in [4.78, 5) is 12.0. The molecule has 1 aromatic carbocycles. The third-order valence-electron chi connectivity index (χ3n) is 3.35. The molecule has 7 heteroatoms. The molecule has 2 N–H and O–H groups in total. The first-order chi connectivity index (χ1) is 12.3. The molecule has 0 spiro atoms. The summed E-state index contributed by atoms with van der Waals surface area (Å²) in [7, 11) is 0. The number of aromatic nitrogens is 2. The average molecular weight is 338 g/mol. The van der Waals surface area contributed by atoms with E-state index in [4.69, 9.17) is 9.15 Å². The molecule has 0 aliphatic heterocycles. The van der Waals surface area contributed by atoms with Gasteiger partial charge in [0.05, 0.1) is 24.8 Å². The lowest BCUT2D eigenvalue weighted by molar-refractivity contribution is 0.0950. The second kappa shape index (κ2) is 7.96. The molecule has 0 saturated heterocycles. The lowest BCUT2D eigenvalue weighted by Gasteiger charge is -2.04. The molecule has 0 bridgehead atoms. The van der Waals surface area contributed by atoms with Gasteiger partial charge in [-0.15, -0.1) is 0 Å². The van der Waals surface area contributed by atoms with Gasteiger partial charge in [-0.05, 0) is 48.9 Å². The molecule has 128 valence electrons. The standard InChI is InChI=1S/C18H18N4O3/c1-2-9-24-14-7-5-13(6-8-14)16-11-17(21-20-16)18(23)22-19-12-15-4-3-10-25-15/h3-8,10-12H,2,9H2,1H3,(H,20,21)(H,22,23)/b19-12+. The number of nitrogens with zero attached hydrogens (tertiary/aromatic N) is 2. The molecule has 25 heavy (non-hydrogen) atoms. The third-order valence-corrected chi connectivity index (χ3v) is 3.35. The highest BCUT2D eigenvalue weighted by Gasteiger charge is 2.10. The molecular weight excluding hydrogens is 320 g/mol. The van der Waals surface area contributed by atoms with Gasteiger partial charge in [-0.1, -0.05) is 6.92 Å². The minimum absolute atomic E-state index is 0.318. The molecule has 0 saturated carbocycles. The Morgan fingerprint density at radius 3 is 2.92 bits per heavy atom. The van der Waals surface area contributed by atoms with Crippen molar-refractivity contribution < 1.29 is 13.9 Å². The van der Waals surface area contributed by atoms with E-state index in [1.807, 2.05) is 24.3 Å². The fraction of sp³-hybridized carbons (Fsp3) is 0.167. The fourth-order valence-corrected chi connectivity index (χ4v) is 2.11. The van der Waals surface area contributed by atoms with Crippen LogP contribution in [-0.4, -0.2) is 28.9 Å². The average Bonchev–Trinajstić information content (AvgIpc) is 3.32. The van der Waals surface area contributed by atoms with Crippen molar-refractivity contribution in [2.24, 2.45) is 5.10 Å². The van der Waals surface area contributed by atoms with Crippen LogP contribution in [-0.2, 0) is 0 Å². The van der Waals surface area contributed by atoms with E-state index < -0.39 is 0 Å². The van der Waals surface area contributed by atoms with Crippen molar-refractivity contribution in [3.05, 3.63) is 60.2 Å². The van der Waals surface area contributed by atoms with Crippen molar-refractivity contribution in [3.8, 4) is 17.0 Å². The van der Waals surface area contributed by atoms with E-state index in [-0.39, 0.29) is 5.91 Å². The Bertz CT molecular complexity index is 836. The van der Waals surface area contributed by atoms with E-state index in [0.29, 0.717) is 23.8 Å². The molecule has 0 radical (unpaired) electrons. The lowest BCUT2D eigenvalue weighted by Crippen LogP contribution is -2.17. The van der Waals surface area contributed by atoms with Crippen LogP contribution in [0.4, 0.5) is 0 Å². The molecule has 3 rings (SSSR count). The Labute approximate surface area is 144 Å². The maximum Gasteiger partial charge on any atom is 0.289 e. The number of furan rings is 1. The highest BCUT2D eigenvalue weighted by molar-refractivity contribution is 5.93. The van der Waals surface area contributed by atoms with Crippen LogP contribution < -0.4 is 10.2 Å². The highest BCUT2D eigenvalue weighted by atomic mass is 16.5. The summed E-state index contributed by atoms with van der Waals surface area (Å²) in [6.45, 7) is 2.74. The van der Waals surface area contributed by atoms with Gasteiger partial charge in [-0.2, -0.15) is 10.2 Å². The number of ether oxygens (including phenoxy) is 1. The number of hydrogen-bond donors (Lipinski definition) is 2. The SMILES string of the molecule is CCCOc1ccc(-c2cc(C(=O)N/N=C/c3ccco3)[nH]n2)cc1. The van der Waals surface area contributed by atoms with Crippen LogP contribution in [0, 0.1) is 0 Å². The molecule has 2 heterocycles. The number of hydrazone groups is 1. The third kappa shape index (κ3) is 4.35. The maximum atomic E-state index is 12.0. The molecule has 7 nitrogen and oxygen atoms in total. The summed E-state index contributed by atoms with van der Waals surface area (Å²) in [6, 6.07) is 12.7. The number of H-pyrrole nitrogens is 1. The zero-order chi connectivity index (χ0) is 17.5. The highest BCUT2D eigenvalue weighted by Crippen LogP contribution is 2.21. The smallest absolute Gasteiger partial charge is 0.289 e. The molecule has 1 amide bonds. The van der Waals surface area contributed by atoms with Gasteiger partial charge in [-0.25, -0.2) is 5.43 Å². The van der Waals surface area contributed by atoms with Crippen molar-refractivity contribution in [1.29, 1.82) is 0 Å². The van der Waals surface area contributed by atoms with Gasteiger partial charge in [0.15, 0.2) is 0 Å². The predicted octanol–water partition coefficient (Wildman–Crippen LogP) is 3.22. The quantitative estimate of drug-likeness (QED) is 0.511. The molecule has 3 aromatic rings. The van der Waals surface area contributed by atoms with Crippen LogP contribution in [0.3, 0.4) is 0 Å². The molecule has 0 fully saturated rings. The summed E-state index contributed by atoms with van der Waals surface area (Å²) in [5.41, 5.74) is 4.29. The summed E-state index contributed by atoms with van der Waals surface area (Å²) < 4.78 is 10.6. The van der Waals surface area contributed by atoms with Crippen LogP contribution in [0.2, 0.25) is 0 Å². The van der Waals surface area contributed by atoms with Crippen molar-refractivity contribution in [3.63, 3.8) is 0 Å². The first-order valence-corrected chi connectivity index (χ1v) is 7.92. The van der Waals surface area contributed by atoms with Crippen LogP contribution in [0.15, 0.2) is 58.2 Å². The van der Waals surface area contributed by atoms with Gasteiger partial charge in [0, 0.05) is 5.56 Å². The topological polar surface area (TPSA) is 92.5 Å². The molecule has 0 atom stereocenters. The number of carbonyl (C=O) groups is 1. The van der Waals surface area contributed by atoms with Crippen LogP contribution in [0.25, 0.3) is 11.3 Å². The Hall–Kier alpha value is -3.35. The first kappa shape index (κ1) is 16.5.